The van der Waals surface area contributed by atoms with Gasteiger partial charge in [-0.25, -0.2) is 0 Å². The molecule has 1 aliphatic carbocycles. The second-order valence-corrected chi connectivity index (χ2v) is 8.63. The van der Waals surface area contributed by atoms with E-state index < -0.39 is 11.3 Å². The lowest BCUT2D eigenvalue weighted by atomic mass is 9.57. The second-order valence-electron chi connectivity index (χ2n) is 8.63. The Hall–Kier alpha value is -3.79. The highest BCUT2D eigenvalue weighted by atomic mass is 16.5. The van der Waals surface area contributed by atoms with Gasteiger partial charge in [-0.3, -0.25) is 4.90 Å². The summed E-state index contributed by atoms with van der Waals surface area (Å²) in [6.45, 7) is 5.58. The third-order valence-electron chi connectivity index (χ3n) is 6.90. The maximum absolute atomic E-state index is 10.3. The van der Waals surface area contributed by atoms with Gasteiger partial charge in [0, 0.05) is 36.4 Å². The third kappa shape index (κ3) is 2.94. The predicted octanol–water partition coefficient (Wildman–Crippen LogP) is 3.98. The topological polar surface area (TPSA) is 110 Å². The van der Waals surface area contributed by atoms with Gasteiger partial charge in [0.25, 0.3) is 0 Å². The lowest BCUT2D eigenvalue weighted by Gasteiger charge is -2.46. The van der Waals surface area contributed by atoms with Crippen LogP contribution in [0.4, 0.5) is 0 Å². The minimum atomic E-state index is -1.65. The molecule has 0 unspecified atom stereocenters. The molecule has 1 aliphatic heterocycles. The molecule has 0 fully saturated rings. The van der Waals surface area contributed by atoms with E-state index in [-0.39, 0.29) is 23.2 Å². The molecule has 0 radical (unpaired) electrons. The molecule has 2 aliphatic rings. The van der Waals surface area contributed by atoms with Gasteiger partial charge in [-0.1, -0.05) is 36.4 Å². The molecule has 2 atom stereocenters. The van der Waals surface area contributed by atoms with E-state index >= 15 is 0 Å². The summed E-state index contributed by atoms with van der Waals surface area (Å²) in [5.74, 6) is -0.0217. The Morgan fingerprint density at radius 3 is 2.38 bits per heavy atom. The molecule has 32 heavy (non-hydrogen) atoms. The Labute approximate surface area is 188 Å². The van der Waals surface area contributed by atoms with Crippen LogP contribution >= 0.6 is 0 Å². The minimum Gasteiger partial charge on any atom is -0.496 e. The molecule has 6 nitrogen and oxygen atoms in total. The van der Waals surface area contributed by atoms with E-state index in [9.17, 15) is 15.8 Å². The predicted molar refractivity (Wildman–Crippen MR) is 122 cm³/mol. The van der Waals surface area contributed by atoms with Crippen molar-refractivity contribution < 1.29 is 4.74 Å². The Morgan fingerprint density at radius 1 is 1.09 bits per heavy atom. The highest BCUT2D eigenvalue weighted by molar-refractivity contribution is 5.92. The summed E-state index contributed by atoms with van der Waals surface area (Å²) < 4.78 is 5.56. The van der Waals surface area contributed by atoms with E-state index in [1.807, 2.05) is 42.5 Å². The maximum atomic E-state index is 10.3. The van der Waals surface area contributed by atoms with Crippen LogP contribution in [0, 0.1) is 45.3 Å². The van der Waals surface area contributed by atoms with Crippen LogP contribution in [-0.2, 0) is 0 Å². The van der Waals surface area contributed by atoms with Gasteiger partial charge >= 0.3 is 0 Å². The van der Waals surface area contributed by atoms with Crippen LogP contribution < -0.4 is 10.5 Å². The van der Waals surface area contributed by atoms with E-state index in [0.717, 1.165) is 27.7 Å². The van der Waals surface area contributed by atoms with E-state index in [0.29, 0.717) is 13.1 Å². The molecule has 2 aromatic rings. The first kappa shape index (κ1) is 21.4. The average molecular weight is 424 g/mol. The molecule has 0 bridgehead atoms. The number of nitrogens with two attached hydrogens (primary N) is 1. The molecular weight excluding hydrogens is 398 g/mol. The van der Waals surface area contributed by atoms with Crippen molar-refractivity contribution in [1.29, 1.82) is 15.8 Å². The summed E-state index contributed by atoms with van der Waals surface area (Å²) in [7, 11) is 1.62. The molecule has 160 valence electrons. The largest absolute Gasteiger partial charge is 0.496 e. The molecule has 4 rings (SSSR count). The number of rotatable bonds is 3. The number of benzene rings is 2. The molecule has 2 aromatic carbocycles. The Kier molecular flexibility index (Phi) is 5.39. The number of methoxy groups -OCH3 is 1. The van der Waals surface area contributed by atoms with Crippen molar-refractivity contribution in [3.05, 3.63) is 64.9 Å². The monoisotopic (exact) mass is 423 g/mol. The average Bonchev–Trinajstić information content (AvgIpc) is 2.82. The number of hydrogen-bond acceptors (Lipinski definition) is 6. The summed E-state index contributed by atoms with van der Waals surface area (Å²) in [5.41, 5.74) is 6.84. The van der Waals surface area contributed by atoms with Gasteiger partial charge in [0.15, 0.2) is 5.41 Å². The molecule has 0 saturated carbocycles. The summed E-state index contributed by atoms with van der Waals surface area (Å²) in [4.78, 5) is 2.29. The smallest absolute Gasteiger partial charge is 0.191 e. The molecule has 6 heteroatoms. The molecule has 0 spiro atoms. The van der Waals surface area contributed by atoms with Gasteiger partial charge in [0.05, 0.1) is 30.5 Å². The number of hydrogen-bond donors (Lipinski definition) is 1. The van der Waals surface area contributed by atoms with Crippen LogP contribution in [0.5, 0.6) is 5.75 Å². The zero-order valence-corrected chi connectivity index (χ0v) is 18.5. The van der Waals surface area contributed by atoms with Crippen molar-refractivity contribution in [2.75, 3.05) is 20.2 Å². The van der Waals surface area contributed by atoms with Crippen LogP contribution in [0.3, 0.4) is 0 Å². The first-order chi connectivity index (χ1) is 15.4. The van der Waals surface area contributed by atoms with Crippen molar-refractivity contribution >= 4 is 10.8 Å². The fourth-order valence-corrected chi connectivity index (χ4v) is 5.21. The Balaban J connectivity index is 2.07. The van der Waals surface area contributed by atoms with Crippen molar-refractivity contribution in [3.63, 3.8) is 0 Å². The van der Waals surface area contributed by atoms with Gasteiger partial charge in [-0.15, -0.1) is 0 Å². The molecule has 0 aromatic heterocycles. The van der Waals surface area contributed by atoms with Crippen LogP contribution in [-0.4, -0.2) is 31.1 Å². The van der Waals surface area contributed by atoms with Crippen LogP contribution in [0.15, 0.2) is 59.3 Å². The number of nitrogens with zero attached hydrogens (tertiary/aromatic N) is 4. The van der Waals surface area contributed by atoms with E-state index in [1.165, 1.54) is 0 Å². The highest BCUT2D eigenvalue weighted by Crippen LogP contribution is 2.55. The van der Waals surface area contributed by atoms with E-state index in [1.54, 1.807) is 7.11 Å². The van der Waals surface area contributed by atoms with Gasteiger partial charge in [0.1, 0.15) is 11.8 Å². The molecule has 0 saturated heterocycles. The fourth-order valence-electron chi connectivity index (χ4n) is 5.21. The third-order valence-corrected chi connectivity index (χ3v) is 6.90. The van der Waals surface area contributed by atoms with E-state index in [2.05, 4.69) is 37.0 Å². The van der Waals surface area contributed by atoms with Gasteiger partial charge in [-0.05, 0) is 36.4 Å². The summed E-state index contributed by atoms with van der Waals surface area (Å²) in [5, 5.41) is 32.4. The van der Waals surface area contributed by atoms with Crippen LogP contribution in [0.25, 0.3) is 10.8 Å². The van der Waals surface area contributed by atoms with Crippen molar-refractivity contribution in [1.82, 2.24) is 4.90 Å². The standard InChI is InChI=1S/C26H25N5O/c1-16(2)31-11-10-18-21(12-27)25(30)26(14-28,15-29)24(22(18)13-31)20-8-9-23(32-3)19-7-5-4-6-17(19)20/h4-10,16,22,24H,11,13,30H2,1-3H3/t22-,24-/m1/s1. The normalized spacial score (nSPS) is 22.5. The number of allylic oxidation sites excluding steroid dienone is 2. The lowest BCUT2D eigenvalue weighted by molar-refractivity contribution is 0.174. The summed E-state index contributed by atoms with van der Waals surface area (Å²) in [6, 6.07) is 18.6. The highest BCUT2D eigenvalue weighted by Gasteiger charge is 2.54. The van der Waals surface area contributed by atoms with Gasteiger partial charge in [0.2, 0.25) is 0 Å². The molecular formula is C26H25N5O. The van der Waals surface area contributed by atoms with Crippen molar-refractivity contribution in [3.8, 4) is 24.0 Å². The van der Waals surface area contributed by atoms with E-state index in [4.69, 9.17) is 10.5 Å². The maximum Gasteiger partial charge on any atom is 0.191 e. The zero-order valence-electron chi connectivity index (χ0n) is 18.5. The first-order valence-corrected chi connectivity index (χ1v) is 10.7. The van der Waals surface area contributed by atoms with Crippen molar-refractivity contribution in [2.45, 2.75) is 25.8 Å². The fraction of sp³-hybridized carbons (Fsp3) is 0.346. The Morgan fingerprint density at radius 2 is 1.78 bits per heavy atom. The Bertz CT molecular complexity index is 1250. The van der Waals surface area contributed by atoms with Crippen molar-refractivity contribution in [2.24, 2.45) is 17.1 Å². The molecule has 0 amide bonds. The SMILES string of the molecule is COc1ccc([C@@H]2[C@@H]3CN(C(C)C)CC=C3C(C#N)=C(N)C2(C#N)C#N)c2ccccc12. The molecule has 2 N–H and O–H groups in total. The second kappa shape index (κ2) is 8.04. The minimum absolute atomic E-state index is 0.0513. The van der Waals surface area contributed by atoms with Crippen LogP contribution in [0.2, 0.25) is 0 Å². The number of fused-ring (bicyclic) bond motifs is 2. The lowest BCUT2D eigenvalue weighted by Crippen LogP contribution is -2.49. The quantitative estimate of drug-likeness (QED) is 0.799. The summed E-state index contributed by atoms with van der Waals surface area (Å²) >= 11 is 0. The van der Waals surface area contributed by atoms with Gasteiger partial charge < -0.3 is 10.5 Å². The number of ether oxygens (including phenoxy) is 1. The first-order valence-electron chi connectivity index (χ1n) is 10.7. The van der Waals surface area contributed by atoms with Crippen LogP contribution in [0.1, 0.15) is 25.3 Å². The molecule has 1 heterocycles. The zero-order chi connectivity index (χ0) is 23.0. The number of nitriles is 3. The summed E-state index contributed by atoms with van der Waals surface area (Å²) in [6.07, 6.45) is 2.04. The van der Waals surface area contributed by atoms with Gasteiger partial charge in [-0.2, -0.15) is 15.8 Å².